The molecule has 4 aromatic carbocycles. The minimum atomic E-state index is -0.619. The molecule has 1 aliphatic heterocycles. The summed E-state index contributed by atoms with van der Waals surface area (Å²) in [6.45, 7) is 7.80. The lowest BCUT2D eigenvalue weighted by Gasteiger charge is -2.44. The summed E-state index contributed by atoms with van der Waals surface area (Å²) in [5.41, 5.74) is 5.93. The molecule has 38 heavy (non-hydrogen) atoms. The minimum absolute atomic E-state index is 0.336. The quantitative estimate of drug-likeness (QED) is 0.238. The normalized spacial score (nSPS) is 17.9. The Bertz CT molecular complexity index is 1370. The molecule has 0 bridgehead atoms. The maximum atomic E-state index is 6.63. The van der Waals surface area contributed by atoms with Crippen LogP contribution in [0.15, 0.2) is 97.1 Å². The second-order valence-corrected chi connectivity index (χ2v) is 10.7. The molecule has 2 atom stereocenters. The van der Waals surface area contributed by atoms with E-state index < -0.39 is 5.60 Å². The van der Waals surface area contributed by atoms with E-state index in [1.165, 1.54) is 11.1 Å². The molecule has 0 aromatic heterocycles. The van der Waals surface area contributed by atoms with Gasteiger partial charge in [0, 0.05) is 22.8 Å². The van der Waals surface area contributed by atoms with E-state index in [1.54, 1.807) is 0 Å². The molecule has 0 amide bonds. The molecule has 2 unspecified atom stereocenters. The molecule has 4 aromatic rings. The highest BCUT2D eigenvalue weighted by atomic mass is 35.5. The van der Waals surface area contributed by atoms with Gasteiger partial charge in [-0.15, -0.1) is 0 Å². The van der Waals surface area contributed by atoms with Gasteiger partial charge in [-0.2, -0.15) is 0 Å². The second-order valence-electron chi connectivity index (χ2n) is 10.3. The average molecular weight is 528 g/mol. The molecule has 4 nitrogen and oxygen atoms in total. The Labute approximate surface area is 230 Å². The van der Waals surface area contributed by atoms with Crippen molar-refractivity contribution in [3.63, 3.8) is 0 Å². The minimum Gasteiger partial charge on any atom is -0.485 e. The van der Waals surface area contributed by atoms with Gasteiger partial charge in [-0.25, -0.2) is 0 Å². The number of anilines is 1. The van der Waals surface area contributed by atoms with Crippen molar-refractivity contribution in [3.8, 4) is 5.75 Å². The van der Waals surface area contributed by atoms with Crippen LogP contribution in [-0.4, -0.2) is 11.7 Å². The molecule has 5 rings (SSSR count). The third-order valence-corrected chi connectivity index (χ3v) is 7.41. The molecule has 0 aliphatic carbocycles. The third kappa shape index (κ3) is 6.05. The predicted molar refractivity (Wildman–Crippen MR) is 154 cm³/mol. The zero-order valence-corrected chi connectivity index (χ0v) is 22.9. The number of benzene rings is 4. The molecule has 0 spiro atoms. The Morgan fingerprint density at radius 3 is 2.29 bits per heavy atom. The SMILES string of the molecule is Cc1ccccc1CNc1ccc2c(c1)C(OCc1ccccc1)C(OCc1ccccc1Cl)C(C)(C)O2. The molecule has 0 radical (unpaired) electrons. The molecule has 0 saturated carbocycles. The highest BCUT2D eigenvalue weighted by molar-refractivity contribution is 6.31. The van der Waals surface area contributed by atoms with Crippen LogP contribution in [-0.2, 0) is 29.2 Å². The topological polar surface area (TPSA) is 39.7 Å². The Morgan fingerprint density at radius 1 is 0.816 bits per heavy atom. The largest absolute Gasteiger partial charge is 0.485 e. The van der Waals surface area contributed by atoms with Gasteiger partial charge in [0.2, 0.25) is 0 Å². The number of hydrogen-bond donors (Lipinski definition) is 1. The molecule has 5 heteroatoms. The molecular weight excluding hydrogens is 494 g/mol. The predicted octanol–water partition coefficient (Wildman–Crippen LogP) is 8.27. The first-order chi connectivity index (χ1) is 18.4. The molecule has 0 saturated heterocycles. The zero-order chi connectivity index (χ0) is 26.5. The van der Waals surface area contributed by atoms with Crippen molar-refractivity contribution in [1.29, 1.82) is 0 Å². The van der Waals surface area contributed by atoms with Gasteiger partial charge in [-0.3, -0.25) is 0 Å². The van der Waals surface area contributed by atoms with Crippen molar-refractivity contribution in [3.05, 3.63) is 130 Å². The summed E-state index contributed by atoms with van der Waals surface area (Å²) in [5, 5.41) is 4.26. The lowest BCUT2D eigenvalue weighted by molar-refractivity contribution is -0.170. The van der Waals surface area contributed by atoms with E-state index in [1.807, 2.05) is 48.5 Å². The standard InChI is InChI=1S/C33H34ClNO3/c1-23-11-7-8-14-25(23)20-35-27-17-18-30-28(19-27)31(36-21-24-12-5-4-6-13-24)32(33(2,3)38-30)37-22-26-15-9-10-16-29(26)34/h4-19,31-32,35H,20-22H2,1-3H3. The lowest BCUT2D eigenvalue weighted by atomic mass is 9.87. The van der Waals surface area contributed by atoms with Crippen molar-refractivity contribution < 1.29 is 14.2 Å². The number of halogens is 1. The Morgan fingerprint density at radius 2 is 1.53 bits per heavy atom. The Kier molecular flexibility index (Phi) is 8.04. The van der Waals surface area contributed by atoms with Crippen molar-refractivity contribution >= 4 is 17.3 Å². The van der Waals surface area contributed by atoms with Gasteiger partial charge < -0.3 is 19.5 Å². The van der Waals surface area contributed by atoms with Gasteiger partial charge in [0.05, 0.1) is 13.2 Å². The summed E-state index contributed by atoms with van der Waals surface area (Å²) in [4.78, 5) is 0. The zero-order valence-electron chi connectivity index (χ0n) is 22.1. The summed E-state index contributed by atoms with van der Waals surface area (Å²) in [7, 11) is 0. The van der Waals surface area contributed by atoms with Crippen LogP contribution in [0.3, 0.4) is 0 Å². The Balaban J connectivity index is 1.43. The van der Waals surface area contributed by atoms with E-state index in [4.69, 9.17) is 25.8 Å². The number of nitrogens with one attached hydrogen (secondary N) is 1. The first-order valence-electron chi connectivity index (χ1n) is 13.0. The van der Waals surface area contributed by atoms with E-state index in [0.717, 1.165) is 34.7 Å². The lowest BCUT2D eigenvalue weighted by Crippen LogP contribution is -2.50. The van der Waals surface area contributed by atoms with Gasteiger partial charge in [0.25, 0.3) is 0 Å². The van der Waals surface area contributed by atoms with Crippen LogP contribution < -0.4 is 10.1 Å². The number of fused-ring (bicyclic) bond motifs is 1. The summed E-state index contributed by atoms with van der Waals surface area (Å²) in [6, 6.07) is 32.6. The first-order valence-corrected chi connectivity index (χ1v) is 13.4. The van der Waals surface area contributed by atoms with E-state index in [0.29, 0.717) is 18.2 Å². The number of ether oxygens (including phenoxy) is 3. The average Bonchev–Trinajstić information content (AvgIpc) is 2.91. The highest BCUT2D eigenvalue weighted by Gasteiger charge is 2.45. The summed E-state index contributed by atoms with van der Waals surface area (Å²) in [6.07, 6.45) is -0.696. The van der Waals surface area contributed by atoms with Crippen molar-refractivity contribution in [2.75, 3.05) is 5.32 Å². The molecular formula is C33H34ClNO3. The van der Waals surface area contributed by atoms with Crippen LogP contribution in [0.5, 0.6) is 5.75 Å². The fourth-order valence-corrected chi connectivity index (χ4v) is 5.06. The Hall–Kier alpha value is -3.31. The first kappa shape index (κ1) is 26.3. The van der Waals surface area contributed by atoms with Gasteiger partial charge in [0.15, 0.2) is 0 Å². The number of hydrogen-bond acceptors (Lipinski definition) is 4. The summed E-state index contributed by atoms with van der Waals surface area (Å²) in [5.74, 6) is 0.812. The van der Waals surface area contributed by atoms with Crippen LogP contribution in [0.1, 0.15) is 47.8 Å². The van der Waals surface area contributed by atoms with E-state index in [2.05, 4.69) is 74.6 Å². The van der Waals surface area contributed by atoms with E-state index >= 15 is 0 Å². The van der Waals surface area contributed by atoms with Crippen LogP contribution >= 0.6 is 11.6 Å². The van der Waals surface area contributed by atoms with Crippen LogP contribution in [0.2, 0.25) is 5.02 Å². The van der Waals surface area contributed by atoms with Crippen molar-refractivity contribution in [2.24, 2.45) is 0 Å². The highest BCUT2D eigenvalue weighted by Crippen LogP contribution is 2.45. The maximum absolute atomic E-state index is 6.63. The summed E-state index contributed by atoms with van der Waals surface area (Å²) >= 11 is 6.44. The maximum Gasteiger partial charge on any atom is 0.132 e. The second kappa shape index (κ2) is 11.6. The van der Waals surface area contributed by atoms with Crippen LogP contribution in [0.4, 0.5) is 5.69 Å². The van der Waals surface area contributed by atoms with Crippen LogP contribution in [0, 0.1) is 6.92 Å². The summed E-state index contributed by atoms with van der Waals surface area (Å²) < 4.78 is 19.7. The monoisotopic (exact) mass is 527 g/mol. The van der Waals surface area contributed by atoms with Gasteiger partial charge in [-0.1, -0.05) is 84.4 Å². The van der Waals surface area contributed by atoms with Crippen LogP contribution in [0.25, 0.3) is 0 Å². The molecule has 1 aliphatic rings. The molecule has 196 valence electrons. The molecule has 1 heterocycles. The van der Waals surface area contributed by atoms with Gasteiger partial charge in [-0.05, 0) is 67.3 Å². The van der Waals surface area contributed by atoms with Gasteiger partial charge >= 0.3 is 0 Å². The number of aryl methyl sites for hydroxylation is 1. The number of rotatable bonds is 9. The molecule has 0 fully saturated rings. The van der Waals surface area contributed by atoms with E-state index in [-0.39, 0.29) is 12.2 Å². The van der Waals surface area contributed by atoms with Crippen molar-refractivity contribution in [1.82, 2.24) is 0 Å². The molecule has 1 N–H and O–H groups in total. The van der Waals surface area contributed by atoms with Crippen molar-refractivity contribution in [2.45, 2.75) is 58.3 Å². The fourth-order valence-electron chi connectivity index (χ4n) is 4.87. The van der Waals surface area contributed by atoms with Gasteiger partial charge in [0.1, 0.15) is 23.6 Å². The fraction of sp³-hybridized carbons (Fsp3) is 0.273. The smallest absolute Gasteiger partial charge is 0.132 e. The third-order valence-electron chi connectivity index (χ3n) is 7.04. The van der Waals surface area contributed by atoms with E-state index in [9.17, 15) is 0 Å².